The predicted octanol–water partition coefficient (Wildman–Crippen LogP) is -0.682. The van der Waals surface area contributed by atoms with E-state index in [1.807, 2.05) is 6.08 Å². The Morgan fingerprint density at radius 2 is 1.93 bits per heavy atom. The third-order valence-electron chi connectivity index (χ3n) is 5.99. The average molecular weight is 426 g/mol. The molecule has 3 aliphatic rings. The molecule has 1 aliphatic carbocycles. The van der Waals surface area contributed by atoms with Gasteiger partial charge in [-0.25, -0.2) is 4.79 Å². The molecule has 0 bridgehead atoms. The van der Waals surface area contributed by atoms with Gasteiger partial charge < -0.3 is 39.7 Å². The quantitative estimate of drug-likeness (QED) is 0.224. The van der Waals surface area contributed by atoms with Crippen LogP contribution in [-0.4, -0.2) is 87.6 Å². The lowest BCUT2D eigenvalue weighted by Crippen LogP contribution is -2.59. The van der Waals surface area contributed by atoms with Crippen LogP contribution < -0.4 is 0 Å². The van der Waals surface area contributed by atoms with Crippen LogP contribution in [0.25, 0.3) is 0 Å². The van der Waals surface area contributed by atoms with Crippen LogP contribution >= 0.6 is 0 Å². The van der Waals surface area contributed by atoms with E-state index in [0.29, 0.717) is 30.4 Å². The van der Waals surface area contributed by atoms with Crippen molar-refractivity contribution < 1.29 is 44.5 Å². The molecular formula is C21H30O9. The number of hydrogen-bond donors (Lipinski definition) is 5. The van der Waals surface area contributed by atoms with Crippen LogP contribution in [0.3, 0.4) is 0 Å². The van der Waals surface area contributed by atoms with Gasteiger partial charge in [0.25, 0.3) is 0 Å². The highest BCUT2D eigenvalue weighted by Gasteiger charge is 2.44. The maximum atomic E-state index is 11.9. The minimum atomic E-state index is -1.51. The maximum absolute atomic E-state index is 11.9. The van der Waals surface area contributed by atoms with Crippen molar-refractivity contribution in [3.05, 3.63) is 35.5 Å². The molecule has 2 aliphatic heterocycles. The van der Waals surface area contributed by atoms with Gasteiger partial charge in [-0.3, -0.25) is 0 Å². The largest absolute Gasteiger partial charge is 0.454 e. The first-order valence-corrected chi connectivity index (χ1v) is 10.1. The molecule has 0 amide bonds. The number of carbonyl (C=O) groups excluding carboxylic acids is 1. The number of aliphatic hydroxyl groups excluding tert-OH is 5. The van der Waals surface area contributed by atoms with Crippen molar-refractivity contribution in [1.29, 1.82) is 0 Å². The monoisotopic (exact) mass is 426 g/mol. The van der Waals surface area contributed by atoms with Crippen molar-refractivity contribution in [2.45, 2.75) is 69.1 Å². The second-order valence-electron chi connectivity index (χ2n) is 8.07. The third-order valence-corrected chi connectivity index (χ3v) is 5.99. The number of carbonyl (C=O) groups is 1. The molecule has 0 saturated carbocycles. The molecule has 0 aromatic rings. The van der Waals surface area contributed by atoms with Crippen LogP contribution in [0.15, 0.2) is 35.5 Å². The molecule has 3 rings (SSSR count). The lowest BCUT2D eigenvalue weighted by atomic mass is 9.87. The van der Waals surface area contributed by atoms with Crippen LogP contribution in [0.5, 0.6) is 0 Å². The number of aliphatic hydroxyl groups is 5. The second-order valence-corrected chi connectivity index (χ2v) is 8.07. The molecule has 9 heteroatoms. The number of fused-ring (bicyclic) bond motifs is 1. The van der Waals surface area contributed by atoms with Crippen molar-refractivity contribution in [2.75, 3.05) is 13.2 Å². The van der Waals surface area contributed by atoms with Gasteiger partial charge in [0.05, 0.1) is 19.3 Å². The van der Waals surface area contributed by atoms with Crippen molar-refractivity contribution in [1.82, 2.24) is 0 Å². The van der Waals surface area contributed by atoms with Gasteiger partial charge in [0.1, 0.15) is 30.5 Å². The summed E-state index contributed by atoms with van der Waals surface area (Å²) in [6.07, 6.45) is -2.89. The Kier molecular flexibility index (Phi) is 7.46. The van der Waals surface area contributed by atoms with Gasteiger partial charge >= 0.3 is 5.97 Å². The Hall–Kier alpha value is -1.59. The topological polar surface area (TPSA) is 146 Å². The zero-order valence-electron chi connectivity index (χ0n) is 16.9. The van der Waals surface area contributed by atoms with Crippen molar-refractivity contribution >= 4 is 5.97 Å². The standard InChI is InChI=1S/C21H30O9/c1-10-7-15-13(11(2)20(27)29-15)5-3-12(4-6-14(10)23)9-28-21-19(26)18(25)17(24)16(8-22)30-21/h4,7,13-19,21-26H,2-3,5-6,8-9H2,1H3/b10-7-,12-4+/t13-,14+,15-,16+,17+,18-,19+,21+/m0/s1. The molecule has 0 spiro atoms. The first-order chi connectivity index (χ1) is 14.2. The predicted molar refractivity (Wildman–Crippen MR) is 104 cm³/mol. The summed E-state index contributed by atoms with van der Waals surface area (Å²) in [6.45, 7) is 5.11. The molecular weight excluding hydrogens is 396 g/mol. The molecule has 0 unspecified atom stereocenters. The van der Waals surface area contributed by atoms with Crippen LogP contribution in [0, 0.1) is 5.92 Å². The van der Waals surface area contributed by atoms with E-state index in [4.69, 9.17) is 14.2 Å². The van der Waals surface area contributed by atoms with Crippen molar-refractivity contribution in [3.63, 3.8) is 0 Å². The zero-order chi connectivity index (χ0) is 22.0. The molecule has 168 valence electrons. The highest BCUT2D eigenvalue weighted by molar-refractivity contribution is 5.91. The Morgan fingerprint density at radius 1 is 1.20 bits per heavy atom. The van der Waals surface area contributed by atoms with Crippen LogP contribution in [-0.2, 0) is 19.0 Å². The molecule has 0 aromatic heterocycles. The lowest BCUT2D eigenvalue weighted by molar-refractivity contribution is -0.299. The Labute approximate surface area is 174 Å². The van der Waals surface area contributed by atoms with Gasteiger partial charge in [0, 0.05) is 11.5 Å². The highest BCUT2D eigenvalue weighted by atomic mass is 16.7. The average Bonchev–Trinajstić information content (AvgIpc) is 2.99. The maximum Gasteiger partial charge on any atom is 0.334 e. The minimum Gasteiger partial charge on any atom is -0.454 e. The molecule has 30 heavy (non-hydrogen) atoms. The summed E-state index contributed by atoms with van der Waals surface area (Å²) >= 11 is 0. The van der Waals surface area contributed by atoms with Crippen LogP contribution in [0.1, 0.15) is 26.2 Å². The SMILES string of the molecule is C=C1C(=O)O[C@H]2/C=C(/C)[C@H](O)C/C=C(/CO[C@@H]3O[C@H](CO)[C@@H](O)[C@H](O)[C@H]3O)CC[C@@H]12. The second kappa shape index (κ2) is 9.69. The zero-order valence-corrected chi connectivity index (χ0v) is 16.9. The first-order valence-electron chi connectivity index (χ1n) is 10.1. The van der Waals surface area contributed by atoms with E-state index < -0.39 is 55.5 Å². The normalized spacial score (nSPS) is 43.8. The molecule has 2 fully saturated rings. The number of ether oxygens (including phenoxy) is 3. The van der Waals surface area contributed by atoms with Gasteiger partial charge in [-0.15, -0.1) is 0 Å². The van der Waals surface area contributed by atoms with Gasteiger partial charge in [0.15, 0.2) is 6.29 Å². The van der Waals surface area contributed by atoms with Crippen molar-refractivity contribution in [2.24, 2.45) is 5.92 Å². The van der Waals surface area contributed by atoms with Gasteiger partial charge in [-0.2, -0.15) is 0 Å². The molecule has 5 N–H and O–H groups in total. The van der Waals surface area contributed by atoms with Gasteiger partial charge in [-0.1, -0.05) is 12.7 Å². The summed E-state index contributed by atoms with van der Waals surface area (Å²) in [6, 6.07) is 0. The summed E-state index contributed by atoms with van der Waals surface area (Å²) < 4.78 is 16.4. The summed E-state index contributed by atoms with van der Waals surface area (Å²) in [5.74, 6) is -0.653. The highest BCUT2D eigenvalue weighted by Crippen LogP contribution is 2.34. The van der Waals surface area contributed by atoms with E-state index in [1.165, 1.54) is 0 Å². The van der Waals surface area contributed by atoms with Crippen LogP contribution in [0.2, 0.25) is 0 Å². The minimum absolute atomic E-state index is 0.0385. The lowest BCUT2D eigenvalue weighted by Gasteiger charge is -2.39. The van der Waals surface area contributed by atoms with E-state index in [0.717, 1.165) is 5.57 Å². The Bertz CT molecular complexity index is 713. The number of hydrogen-bond acceptors (Lipinski definition) is 9. The van der Waals surface area contributed by atoms with E-state index in [-0.39, 0.29) is 12.5 Å². The summed E-state index contributed by atoms with van der Waals surface area (Å²) in [4.78, 5) is 11.9. The Morgan fingerprint density at radius 3 is 2.63 bits per heavy atom. The smallest absolute Gasteiger partial charge is 0.334 e. The fourth-order valence-corrected chi connectivity index (χ4v) is 3.92. The van der Waals surface area contributed by atoms with E-state index in [2.05, 4.69) is 6.58 Å². The van der Waals surface area contributed by atoms with E-state index in [1.54, 1.807) is 13.0 Å². The Balaban J connectivity index is 1.69. The molecule has 2 heterocycles. The third kappa shape index (κ3) is 4.83. The molecule has 0 aromatic carbocycles. The summed E-state index contributed by atoms with van der Waals surface area (Å²) in [7, 11) is 0. The molecule has 9 nitrogen and oxygen atoms in total. The van der Waals surface area contributed by atoms with Gasteiger partial charge in [-0.05, 0) is 43.4 Å². The first kappa shape index (κ1) is 23.1. The van der Waals surface area contributed by atoms with Gasteiger partial charge in [0.2, 0.25) is 0 Å². The fourth-order valence-electron chi connectivity index (χ4n) is 3.92. The molecule has 8 atom stereocenters. The summed E-state index contributed by atoms with van der Waals surface area (Å²) in [5.41, 5.74) is 1.90. The van der Waals surface area contributed by atoms with E-state index in [9.17, 15) is 30.3 Å². The van der Waals surface area contributed by atoms with E-state index >= 15 is 0 Å². The van der Waals surface area contributed by atoms with Crippen molar-refractivity contribution in [3.8, 4) is 0 Å². The van der Waals surface area contributed by atoms with Crippen LogP contribution in [0.4, 0.5) is 0 Å². The molecule has 2 saturated heterocycles. The fraction of sp³-hybridized carbons (Fsp3) is 0.667. The number of rotatable bonds is 4. The molecule has 0 radical (unpaired) electrons. The summed E-state index contributed by atoms with van der Waals surface area (Å²) in [5, 5.41) is 49.6. The number of esters is 1.